The van der Waals surface area contributed by atoms with Gasteiger partial charge in [-0.1, -0.05) is 12.1 Å². The fourth-order valence-corrected chi connectivity index (χ4v) is 3.35. The number of carbonyl (C=O) groups excluding carboxylic acids is 2. The summed E-state index contributed by atoms with van der Waals surface area (Å²) < 4.78 is 39.2. The van der Waals surface area contributed by atoms with Gasteiger partial charge in [0.1, 0.15) is 0 Å². The summed E-state index contributed by atoms with van der Waals surface area (Å²) >= 11 is 0. The maximum atomic E-state index is 13.1. The lowest BCUT2D eigenvalue weighted by atomic mass is 9.93. The van der Waals surface area contributed by atoms with Crippen LogP contribution in [0.3, 0.4) is 0 Å². The van der Waals surface area contributed by atoms with Gasteiger partial charge in [0.15, 0.2) is 0 Å². The molecule has 0 bridgehead atoms. The molecule has 0 spiro atoms. The first kappa shape index (κ1) is 18.9. The predicted molar refractivity (Wildman–Crippen MR) is 92.7 cm³/mol. The molecule has 1 aromatic carbocycles. The van der Waals surface area contributed by atoms with E-state index in [4.69, 9.17) is 0 Å². The van der Waals surface area contributed by atoms with Crippen molar-refractivity contribution in [2.75, 3.05) is 12.4 Å². The summed E-state index contributed by atoms with van der Waals surface area (Å²) in [6.07, 6.45) is -1.36. The third-order valence-corrected chi connectivity index (χ3v) is 4.76. The van der Waals surface area contributed by atoms with E-state index < -0.39 is 29.6 Å². The third kappa shape index (κ3) is 3.79. The highest BCUT2D eigenvalue weighted by molar-refractivity contribution is 5.98. The monoisotopic (exact) mass is 377 g/mol. The van der Waals surface area contributed by atoms with Crippen molar-refractivity contribution in [3.05, 3.63) is 59.4 Å². The normalized spacial score (nSPS) is 20.0. The molecule has 142 valence electrons. The van der Waals surface area contributed by atoms with E-state index in [-0.39, 0.29) is 23.6 Å². The van der Waals surface area contributed by atoms with Gasteiger partial charge in [-0.3, -0.25) is 14.6 Å². The first-order chi connectivity index (χ1) is 12.7. The maximum Gasteiger partial charge on any atom is 0.416 e. The van der Waals surface area contributed by atoms with Gasteiger partial charge in [0.05, 0.1) is 17.5 Å². The van der Waals surface area contributed by atoms with Gasteiger partial charge in [0.25, 0.3) is 0 Å². The Morgan fingerprint density at radius 1 is 1.30 bits per heavy atom. The van der Waals surface area contributed by atoms with Crippen molar-refractivity contribution >= 4 is 17.5 Å². The minimum absolute atomic E-state index is 0.0140. The van der Waals surface area contributed by atoms with Crippen LogP contribution in [0.25, 0.3) is 0 Å². The van der Waals surface area contributed by atoms with Crippen LogP contribution < -0.4 is 5.32 Å². The van der Waals surface area contributed by atoms with Crippen LogP contribution in [0.15, 0.2) is 42.7 Å². The third-order valence-electron chi connectivity index (χ3n) is 4.76. The first-order valence-corrected chi connectivity index (χ1v) is 8.33. The first-order valence-electron chi connectivity index (χ1n) is 8.33. The summed E-state index contributed by atoms with van der Waals surface area (Å²) in [6, 6.07) is 6.59. The standard InChI is InChI=1S/C19H18F3N3O2/c1-11-5-6-13(8-15(11)19(20,21)22)24-18(27)14-9-16(26)25(2)17(14)12-4-3-7-23-10-12/h3-8,10,14,17H,9H2,1-2H3,(H,24,27)/t14-,17+/m1/s1. The number of halogens is 3. The van der Waals surface area contributed by atoms with E-state index in [1.807, 2.05) is 0 Å². The number of aryl methyl sites for hydroxylation is 1. The number of rotatable bonds is 3. The molecule has 2 aromatic rings. The van der Waals surface area contributed by atoms with E-state index in [0.717, 1.165) is 6.07 Å². The number of pyridine rings is 1. The number of anilines is 1. The molecule has 0 saturated carbocycles. The second-order valence-corrected chi connectivity index (χ2v) is 6.56. The zero-order valence-electron chi connectivity index (χ0n) is 14.7. The molecule has 2 atom stereocenters. The van der Waals surface area contributed by atoms with Crippen LogP contribution in [0.2, 0.25) is 0 Å². The summed E-state index contributed by atoms with van der Waals surface area (Å²) in [6.45, 7) is 1.36. The van der Waals surface area contributed by atoms with Crippen LogP contribution in [0.5, 0.6) is 0 Å². The Hall–Kier alpha value is -2.90. The molecule has 1 fully saturated rings. The summed E-state index contributed by atoms with van der Waals surface area (Å²) in [5, 5.41) is 2.53. The molecular weight excluding hydrogens is 359 g/mol. The lowest BCUT2D eigenvalue weighted by molar-refractivity contribution is -0.138. The minimum atomic E-state index is -4.51. The average molecular weight is 377 g/mol. The molecule has 1 aliphatic rings. The van der Waals surface area contributed by atoms with E-state index in [2.05, 4.69) is 10.3 Å². The van der Waals surface area contributed by atoms with E-state index in [1.165, 1.54) is 24.0 Å². The molecule has 1 saturated heterocycles. The number of benzene rings is 1. The van der Waals surface area contributed by atoms with Crippen LogP contribution in [-0.2, 0) is 15.8 Å². The SMILES string of the molecule is Cc1ccc(NC(=O)[C@@H]2CC(=O)N(C)[C@H]2c2cccnc2)cc1C(F)(F)F. The molecule has 1 aliphatic heterocycles. The van der Waals surface area contributed by atoms with Crippen molar-refractivity contribution in [1.29, 1.82) is 0 Å². The Bertz CT molecular complexity index is 868. The molecule has 0 radical (unpaired) electrons. The van der Waals surface area contributed by atoms with Gasteiger partial charge in [-0.05, 0) is 36.2 Å². The quantitative estimate of drug-likeness (QED) is 0.890. The number of aromatic nitrogens is 1. The average Bonchev–Trinajstić information content (AvgIpc) is 2.91. The van der Waals surface area contributed by atoms with Crippen molar-refractivity contribution < 1.29 is 22.8 Å². The Morgan fingerprint density at radius 2 is 2.04 bits per heavy atom. The highest BCUT2D eigenvalue weighted by Crippen LogP contribution is 2.38. The summed E-state index contributed by atoms with van der Waals surface area (Å²) in [5.41, 5.74) is 0.0176. The van der Waals surface area contributed by atoms with Crippen molar-refractivity contribution in [2.24, 2.45) is 5.92 Å². The molecule has 1 aromatic heterocycles. The molecule has 0 aliphatic carbocycles. The van der Waals surface area contributed by atoms with Crippen LogP contribution in [0.4, 0.5) is 18.9 Å². The Kier molecular flexibility index (Phi) is 4.91. The summed E-state index contributed by atoms with van der Waals surface area (Å²) in [5.74, 6) is -1.43. The van der Waals surface area contributed by atoms with Crippen LogP contribution in [0.1, 0.15) is 29.2 Å². The van der Waals surface area contributed by atoms with Gasteiger partial charge < -0.3 is 10.2 Å². The molecule has 2 heterocycles. The number of hydrogen-bond donors (Lipinski definition) is 1. The number of likely N-dealkylation sites (tertiary alicyclic amines) is 1. The van der Waals surface area contributed by atoms with Crippen LogP contribution >= 0.6 is 0 Å². The molecule has 8 heteroatoms. The Balaban J connectivity index is 1.86. The van der Waals surface area contributed by atoms with Gasteiger partial charge >= 0.3 is 6.18 Å². The lowest BCUT2D eigenvalue weighted by Crippen LogP contribution is -2.30. The molecule has 1 N–H and O–H groups in total. The molecule has 2 amide bonds. The van der Waals surface area contributed by atoms with E-state index in [1.54, 1.807) is 31.6 Å². The van der Waals surface area contributed by atoms with Crippen molar-refractivity contribution in [3.8, 4) is 0 Å². The van der Waals surface area contributed by atoms with Gasteiger partial charge in [0, 0.05) is 31.5 Å². The largest absolute Gasteiger partial charge is 0.416 e. The molecule has 27 heavy (non-hydrogen) atoms. The molecular formula is C19H18F3N3O2. The fraction of sp³-hybridized carbons (Fsp3) is 0.316. The predicted octanol–water partition coefficient (Wildman–Crippen LogP) is 3.57. The molecule has 5 nitrogen and oxygen atoms in total. The van der Waals surface area contributed by atoms with Crippen molar-refractivity contribution in [2.45, 2.75) is 25.6 Å². The van der Waals surface area contributed by atoms with E-state index in [9.17, 15) is 22.8 Å². The zero-order valence-corrected chi connectivity index (χ0v) is 14.7. The minimum Gasteiger partial charge on any atom is -0.338 e. The number of carbonyl (C=O) groups is 2. The van der Waals surface area contributed by atoms with Gasteiger partial charge in [-0.15, -0.1) is 0 Å². The number of nitrogens with zero attached hydrogens (tertiary/aromatic N) is 2. The highest BCUT2D eigenvalue weighted by Gasteiger charge is 2.43. The second-order valence-electron chi connectivity index (χ2n) is 6.56. The maximum absolute atomic E-state index is 13.1. The Morgan fingerprint density at radius 3 is 2.67 bits per heavy atom. The van der Waals surface area contributed by atoms with E-state index in [0.29, 0.717) is 5.56 Å². The van der Waals surface area contributed by atoms with Crippen molar-refractivity contribution in [1.82, 2.24) is 9.88 Å². The zero-order chi connectivity index (χ0) is 19.8. The fourth-order valence-electron chi connectivity index (χ4n) is 3.35. The number of hydrogen-bond acceptors (Lipinski definition) is 3. The highest BCUT2D eigenvalue weighted by atomic mass is 19.4. The Labute approximate surface area is 154 Å². The summed E-state index contributed by atoms with van der Waals surface area (Å²) in [4.78, 5) is 30.4. The number of amides is 2. The van der Waals surface area contributed by atoms with Crippen molar-refractivity contribution in [3.63, 3.8) is 0 Å². The number of nitrogens with one attached hydrogen (secondary N) is 1. The molecule has 0 unspecified atom stereocenters. The number of alkyl halides is 3. The van der Waals surface area contributed by atoms with Crippen LogP contribution in [0, 0.1) is 12.8 Å². The van der Waals surface area contributed by atoms with Crippen LogP contribution in [-0.4, -0.2) is 28.7 Å². The topological polar surface area (TPSA) is 62.3 Å². The van der Waals surface area contributed by atoms with Gasteiger partial charge in [0.2, 0.25) is 11.8 Å². The van der Waals surface area contributed by atoms with E-state index >= 15 is 0 Å². The lowest BCUT2D eigenvalue weighted by Gasteiger charge is -2.24. The summed E-state index contributed by atoms with van der Waals surface area (Å²) in [7, 11) is 1.60. The smallest absolute Gasteiger partial charge is 0.338 e. The van der Waals surface area contributed by atoms with Gasteiger partial charge in [-0.25, -0.2) is 0 Å². The van der Waals surface area contributed by atoms with Gasteiger partial charge in [-0.2, -0.15) is 13.2 Å². The molecule has 3 rings (SSSR count). The second kappa shape index (κ2) is 7.02.